The molecule has 3 N–H and O–H groups in total. The predicted molar refractivity (Wildman–Crippen MR) is 47.9 cm³/mol. The van der Waals surface area contributed by atoms with E-state index in [-0.39, 0.29) is 11.4 Å². The Bertz CT molecular complexity index is 460. The van der Waals surface area contributed by atoms with Gasteiger partial charge in [-0.25, -0.2) is 0 Å². The number of para-hydroxylation sites is 2. The van der Waals surface area contributed by atoms with Crippen LogP contribution in [0.3, 0.4) is 0 Å². The quantitative estimate of drug-likeness (QED) is 0.570. The summed E-state index contributed by atoms with van der Waals surface area (Å²) in [6.07, 6.45) is 0. The highest BCUT2D eigenvalue weighted by Gasteiger charge is 2.31. The molecule has 0 bridgehead atoms. The van der Waals surface area contributed by atoms with Crippen LogP contribution in [0, 0.1) is 0 Å². The van der Waals surface area contributed by atoms with Gasteiger partial charge in [-0.05, 0) is 12.1 Å². The number of hydrazine groups is 2. The Morgan fingerprint density at radius 1 is 1.21 bits per heavy atom. The van der Waals surface area contributed by atoms with Crippen molar-refractivity contribution in [3.05, 3.63) is 24.3 Å². The Balaban J connectivity index is 2.55. The zero-order chi connectivity index (χ0) is 10.3. The van der Waals surface area contributed by atoms with Crippen LogP contribution in [0.5, 0.6) is 0 Å². The Hall–Kier alpha value is -1.35. The van der Waals surface area contributed by atoms with Crippen LogP contribution in [0.1, 0.15) is 0 Å². The van der Waals surface area contributed by atoms with Crippen molar-refractivity contribution < 1.29 is 18.2 Å². The van der Waals surface area contributed by atoms with Crippen molar-refractivity contribution >= 4 is 21.7 Å². The van der Waals surface area contributed by atoms with E-state index in [1.807, 2.05) is 5.53 Å². The van der Waals surface area contributed by atoms with E-state index in [4.69, 9.17) is 4.55 Å². The normalized spacial score (nSPS) is 15.9. The molecule has 1 heterocycles. The number of anilines is 2. The molecule has 0 atom stereocenters. The van der Waals surface area contributed by atoms with Crippen molar-refractivity contribution in [3.8, 4) is 0 Å². The minimum Gasteiger partial charge on any atom is -0.271 e. The zero-order valence-corrected chi connectivity index (χ0v) is 7.64. The van der Waals surface area contributed by atoms with Crippen LogP contribution >= 0.6 is 0 Å². The molecule has 1 aromatic rings. The molecule has 0 unspecified atom stereocenters. The van der Waals surface area contributed by atoms with Gasteiger partial charge in [0.25, 0.3) is 0 Å². The molecule has 0 saturated heterocycles. The number of fused-ring (bicyclic) bond motifs is 1. The highest BCUT2D eigenvalue weighted by Crippen LogP contribution is 2.32. The maximum atomic E-state index is 10.8. The van der Waals surface area contributed by atoms with E-state index in [2.05, 4.69) is 0 Å². The molecular weight excluding hydrogens is 210 g/mol. The lowest BCUT2D eigenvalue weighted by Gasteiger charge is -2.14. The maximum absolute atomic E-state index is 10.8. The van der Waals surface area contributed by atoms with Gasteiger partial charge in [-0.1, -0.05) is 12.1 Å². The standard InChI is InChI=1S/C6H7N3O4S/c10-8-5-3-1-2-4-6(5)9(7-8)14(11,12)13/h1-4,7,10H,(H,11,12,13). The minimum atomic E-state index is -4.43. The van der Waals surface area contributed by atoms with Crippen molar-refractivity contribution in [2.75, 3.05) is 9.59 Å². The predicted octanol–water partition coefficient (Wildman–Crippen LogP) is -0.0754. The van der Waals surface area contributed by atoms with Crippen molar-refractivity contribution in [2.24, 2.45) is 0 Å². The van der Waals surface area contributed by atoms with E-state index >= 15 is 0 Å². The molecule has 7 nitrogen and oxygen atoms in total. The van der Waals surface area contributed by atoms with Gasteiger partial charge in [-0.2, -0.15) is 18.0 Å². The smallest absolute Gasteiger partial charge is 0.271 e. The molecule has 1 aliphatic rings. The van der Waals surface area contributed by atoms with Crippen LogP contribution in [0.15, 0.2) is 24.3 Å². The molecule has 0 fully saturated rings. The number of hydrogen-bond acceptors (Lipinski definition) is 5. The third-order valence-corrected chi connectivity index (χ3v) is 2.48. The number of rotatable bonds is 1. The van der Waals surface area contributed by atoms with E-state index in [1.165, 1.54) is 12.1 Å². The van der Waals surface area contributed by atoms with Gasteiger partial charge in [0.05, 0.1) is 0 Å². The molecule has 8 heteroatoms. The third-order valence-electron chi connectivity index (χ3n) is 1.74. The summed E-state index contributed by atoms with van der Waals surface area (Å²) in [6.45, 7) is 0. The molecule has 76 valence electrons. The van der Waals surface area contributed by atoms with Gasteiger partial charge in [0, 0.05) is 0 Å². The van der Waals surface area contributed by atoms with Gasteiger partial charge in [0.1, 0.15) is 11.4 Å². The summed E-state index contributed by atoms with van der Waals surface area (Å²) in [7, 11) is -4.43. The Labute approximate surface area is 79.9 Å². The lowest BCUT2D eigenvalue weighted by Crippen LogP contribution is -2.45. The first-order chi connectivity index (χ1) is 6.50. The first-order valence-electron chi connectivity index (χ1n) is 3.62. The van der Waals surface area contributed by atoms with Crippen LogP contribution in [-0.4, -0.2) is 18.2 Å². The molecular formula is C6H7N3O4S. The van der Waals surface area contributed by atoms with Crippen LogP contribution in [0.25, 0.3) is 0 Å². The van der Waals surface area contributed by atoms with Gasteiger partial charge in [-0.15, -0.1) is 5.53 Å². The molecule has 0 aromatic heterocycles. The summed E-state index contributed by atoms with van der Waals surface area (Å²) >= 11 is 0. The molecule has 0 amide bonds. The van der Waals surface area contributed by atoms with Crippen molar-refractivity contribution in [2.45, 2.75) is 0 Å². The van der Waals surface area contributed by atoms with E-state index in [0.29, 0.717) is 9.59 Å². The highest BCUT2D eigenvalue weighted by molar-refractivity contribution is 7.87. The van der Waals surface area contributed by atoms with Crippen LogP contribution in [0.4, 0.5) is 11.4 Å². The maximum Gasteiger partial charge on any atom is 0.375 e. The summed E-state index contributed by atoms with van der Waals surface area (Å²) in [5, 5.41) is 9.72. The Kier molecular flexibility index (Phi) is 1.86. The van der Waals surface area contributed by atoms with Gasteiger partial charge < -0.3 is 0 Å². The average Bonchev–Trinajstić information content (AvgIpc) is 2.44. The second-order valence-electron chi connectivity index (χ2n) is 2.64. The molecule has 0 aliphatic carbocycles. The molecule has 14 heavy (non-hydrogen) atoms. The van der Waals surface area contributed by atoms with E-state index in [9.17, 15) is 13.6 Å². The summed E-state index contributed by atoms with van der Waals surface area (Å²) in [5.74, 6) is 0. The van der Waals surface area contributed by atoms with Crippen LogP contribution in [0.2, 0.25) is 0 Å². The SMILES string of the molecule is O=S(=O)(O)N1NN(O)c2ccccc21. The second-order valence-corrected chi connectivity index (χ2v) is 3.90. The van der Waals surface area contributed by atoms with Crippen LogP contribution in [-0.2, 0) is 10.3 Å². The fourth-order valence-electron chi connectivity index (χ4n) is 1.18. The lowest BCUT2D eigenvalue weighted by molar-refractivity contribution is 0.223. The van der Waals surface area contributed by atoms with E-state index in [1.54, 1.807) is 12.1 Å². The third kappa shape index (κ3) is 1.30. The first-order valence-corrected chi connectivity index (χ1v) is 5.02. The zero-order valence-electron chi connectivity index (χ0n) is 6.82. The first kappa shape index (κ1) is 9.21. The summed E-state index contributed by atoms with van der Waals surface area (Å²) in [4.78, 5) is 0. The lowest BCUT2D eigenvalue weighted by atomic mass is 10.3. The van der Waals surface area contributed by atoms with Gasteiger partial charge in [-0.3, -0.25) is 9.76 Å². The fraction of sp³-hybridized carbons (Fsp3) is 0. The molecule has 0 saturated carbocycles. The Morgan fingerprint density at radius 2 is 1.79 bits per heavy atom. The van der Waals surface area contributed by atoms with Crippen molar-refractivity contribution in [1.82, 2.24) is 5.53 Å². The summed E-state index contributed by atoms with van der Waals surface area (Å²) in [5.41, 5.74) is 2.43. The van der Waals surface area contributed by atoms with Gasteiger partial charge in [0.2, 0.25) is 0 Å². The van der Waals surface area contributed by atoms with Crippen molar-refractivity contribution in [1.29, 1.82) is 0 Å². The number of hydrogen-bond donors (Lipinski definition) is 3. The van der Waals surface area contributed by atoms with Gasteiger partial charge >= 0.3 is 10.3 Å². The number of benzene rings is 1. The number of nitrogens with zero attached hydrogens (tertiary/aromatic N) is 2. The Morgan fingerprint density at radius 3 is 2.36 bits per heavy atom. The highest BCUT2D eigenvalue weighted by atomic mass is 32.2. The number of nitrogens with one attached hydrogen (secondary N) is 1. The summed E-state index contributed by atoms with van der Waals surface area (Å²) < 4.78 is 30.9. The van der Waals surface area contributed by atoms with Crippen LogP contribution < -0.4 is 15.1 Å². The monoisotopic (exact) mass is 217 g/mol. The largest absolute Gasteiger partial charge is 0.375 e. The molecule has 0 spiro atoms. The molecule has 0 radical (unpaired) electrons. The van der Waals surface area contributed by atoms with Crippen molar-refractivity contribution in [3.63, 3.8) is 0 Å². The second kappa shape index (κ2) is 2.82. The molecule has 1 aromatic carbocycles. The summed E-state index contributed by atoms with van der Waals surface area (Å²) in [6, 6.07) is 6.13. The van der Waals surface area contributed by atoms with E-state index in [0.717, 1.165) is 0 Å². The minimum absolute atomic E-state index is 0.150. The van der Waals surface area contributed by atoms with Gasteiger partial charge in [0.15, 0.2) is 0 Å². The topological polar surface area (TPSA) is 93.1 Å². The fourth-order valence-corrected chi connectivity index (χ4v) is 1.77. The molecule has 2 rings (SSSR count). The molecule has 1 aliphatic heterocycles. The average molecular weight is 217 g/mol. The van der Waals surface area contributed by atoms with E-state index < -0.39 is 10.3 Å².